The number of halogens is 1. The van der Waals surface area contributed by atoms with Crippen LogP contribution >= 0.6 is 11.6 Å². The van der Waals surface area contributed by atoms with Gasteiger partial charge in [0.2, 0.25) is 0 Å². The van der Waals surface area contributed by atoms with E-state index in [1.165, 1.54) is 0 Å². The predicted molar refractivity (Wildman–Crippen MR) is 90.8 cm³/mol. The first-order chi connectivity index (χ1) is 10.7. The van der Waals surface area contributed by atoms with E-state index >= 15 is 0 Å². The van der Waals surface area contributed by atoms with Crippen molar-refractivity contribution in [2.24, 2.45) is 5.92 Å². The van der Waals surface area contributed by atoms with Crippen LogP contribution in [0.3, 0.4) is 0 Å². The van der Waals surface area contributed by atoms with E-state index in [1.54, 1.807) is 11.0 Å². The van der Waals surface area contributed by atoms with Crippen molar-refractivity contribution in [3.05, 3.63) is 17.3 Å². The molecule has 2 heterocycles. The van der Waals surface area contributed by atoms with Crippen LogP contribution in [0.4, 0.5) is 10.6 Å². The topological polar surface area (TPSA) is 58.6 Å². The third-order valence-electron chi connectivity index (χ3n) is 3.71. The minimum atomic E-state index is -0.459. The standard InChI is InChI=1S/C16H25ClN4O2/c1-16(2,3)23-15(22)21-9-5-6-12(11-21)10-20(4)14-8-7-13(17)18-19-14/h7-8,12H,5-6,9-11H2,1-4H3/t12-/m1/s1. The van der Waals surface area contributed by atoms with Crippen molar-refractivity contribution in [1.82, 2.24) is 15.1 Å². The summed E-state index contributed by atoms with van der Waals surface area (Å²) >= 11 is 5.76. The molecule has 0 aromatic carbocycles. The molecule has 6 nitrogen and oxygen atoms in total. The Bertz CT molecular complexity index is 530. The second kappa shape index (κ2) is 7.34. The lowest BCUT2D eigenvalue weighted by atomic mass is 9.98. The number of hydrogen-bond donors (Lipinski definition) is 0. The summed E-state index contributed by atoms with van der Waals surface area (Å²) in [6.45, 7) is 7.95. The molecule has 0 bridgehead atoms. The molecule has 0 aliphatic carbocycles. The van der Waals surface area contributed by atoms with Crippen molar-refractivity contribution >= 4 is 23.5 Å². The van der Waals surface area contributed by atoms with Crippen molar-refractivity contribution in [2.45, 2.75) is 39.2 Å². The lowest BCUT2D eigenvalue weighted by molar-refractivity contribution is 0.0170. The van der Waals surface area contributed by atoms with E-state index in [-0.39, 0.29) is 6.09 Å². The summed E-state index contributed by atoms with van der Waals surface area (Å²) in [5, 5.41) is 8.34. The van der Waals surface area contributed by atoms with Gasteiger partial charge < -0.3 is 14.5 Å². The van der Waals surface area contributed by atoms with E-state index in [0.29, 0.717) is 17.6 Å². The second-order valence-electron chi connectivity index (χ2n) is 7.03. The minimum Gasteiger partial charge on any atom is -0.444 e. The van der Waals surface area contributed by atoms with Crippen LogP contribution in [0, 0.1) is 5.92 Å². The number of nitrogens with zero attached hydrogens (tertiary/aromatic N) is 4. The summed E-state index contributed by atoms with van der Waals surface area (Å²) in [6, 6.07) is 3.58. The Kier molecular flexibility index (Phi) is 5.68. The fourth-order valence-electron chi connectivity index (χ4n) is 2.70. The molecule has 2 rings (SSSR count). The Morgan fingerprint density at radius 1 is 1.43 bits per heavy atom. The number of anilines is 1. The summed E-state index contributed by atoms with van der Waals surface area (Å²) in [4.78, 5) is 16.1. The van der Waals surface area contributed by atoms with Crippen LogP contribution in [0.5, 0.6) is 0 Å². The quantitative estimate of drug-likeness (QED) is 0.845. The molecule has 1 fully saturated rings. The molecule has 23 heavy (non-hydrogen) atoms. The number of piperidine rings is 1. The lowest BCUT2D eigenvalue weighted by Gasteiger charge is -2.35. The average Bonchev–Trinajstić information content (AvgIpc) is 2.46. The van der Waals surface area contributed by atoms with Gasteiger partial charge >= 0.3 is 6.09 Å². The van der Waals surface area contributed by atoms with Crippen molar-refractivity contribution in [3.8, 4) is 0 Å². The fourth-order valence-corrected chi connectivity index (χ4v) is 2.80. The van der Waals surface area contributed by atoms with Gasteiger partial charge in [-0.05, 0) is 51.7 Å². The first kappa shape index (κ1) is 17.8. The number of aromatic nitrogens is 2. The van der Waals surface area contributed by atoms with E-state index in [0.717, 1.165) is 31.7 Å². The van der Waals surface area contributed by atoms with Gasteiger partial charge in [-0.25, -0.2) is 4.79 Å². The third-order valence-corrected chi connectivity index (χ3v) is 3.91. The van der Waals surface area contributed by atoms with E-state index in [9.17, 15) is 4.79 Å². The first-order valence-electron chi connectivity index (χ1n) is 7.93. The number of likely N-dealkylation sites (tertiary alicyclic amines) is 1. The van der Waals surface area contributed by atoms with Gasteiger partial charge in [-0.2, -0.15) is 0 Å². The summed E-state index contributed by atoms with van der Waals surface area (Å²) in [5.74, 6) is 1.17. The van der Waals surface area contributed by atoms with E-state index < -0.39 is 5.60 Å². The molecular weight excluding hydrogens is 316 g/mol. The molecule has 0 N–H and O–H groups in total. The van der Waals surface area contributed by atoms with Crippen molar-refractivity contribution in [2.75, 3.05) is 31.6 Å². The maximum atomic E-state index is 12.2. The molecule has 0 saturated carbocycles. The number of amides is 1. The highest BCUT2D eigenvalue weighted by Crippen LogP contribution is 2.21. The van der Waals surface area contributed by atoms with E-state index in [4.69, 9.17) is 16.3 Å². The third kappa shape index (κ3) is 5.53. The zero-order chi connectivity index (χ0) is 17.0. The molecule has 1 amide bonds. The molecular formula is C16H25ClN4O2. The van der Waals surface area contributed by atoms with Crippen molar-refractivity contribution < 1.29 is 9.53 Å². The van der Waals surface area contributed by atoms with Crippen LogP contribution in [-0.4, -0.2) is 53.5 Å². The zero-order valence-corrected chi connectivity index (χ0v) is 15.0. The van der Waals surface area contributed by atoms with Crippen LogP contribution in [0.1, 0.15) is 33.6 Å². The van der Waals surface area contributed by atoms with Gasteiger partial charge in [-0.15, -0.1) is 10.2 Å². The molecule has 1 aliphatic heterocycles. The Morgan fingerprint density at radius 3 is 2.78 bits per heavy atom. The van der Waals surface area contributed by atoms with Crippen LogP contribution in [-0.2, 0) is 4.74 Å². The highest BCUT2D eigenvalue weighted by molar-refractivity contribution is 6.29. The lowest BCUT2D eigenvalue weighted by Crippen LogP contribution is -2.45. The van der Waals surface area contributed by atoms with Gasteiger partial charge in [0.15, 0.2) is 11.0 Å². The number of carbonyl (C=O) groups is 1. The number of rotatable bonds is 3. The smallest absolute Gasteiger partial charge is 0.410 e. The van der Waals surface area contributed by atoms with Crippen molar-refractivity contribution in [3.63, 3.8) is 0 Å². The van der Waals surface area contributed by atoms with Crippen LogP contribution in [0.15, 0.2) is 12.1 Å². The summed E-state index contributed by atoms with van der Waals surface area (Å²) < 4.78 is 5.46. The highest BCUT2D eigenvalue weighted by Gasteiger charge is 2.28. The molecule has 7 heteroatoms. The minimum absolute atomic E-state index is 0.226. The van der Waals surface area contributed by atoms with Gasteiger partial charge in [-0.1, -0.05) is 11.6 Å². The summed E-state index contributed by atoms with van der Waals surface area (Å²) in [5.41, 5.74) is -0.459. The Morgan fingerprint density at radius 2 is 2.17 bits per heavy atom. The average molecular weight is 341 g/mol. The zero-order valence-electron chi connectivity index (χ0n) is 14.3. The van der Waals surface area contributed by atoms with Gasteiger partial charge in [0.25, 0.3) is 0 Å². The maximum absolute atomic E-state index is 12.2. The normalized spacial score (nSPS) is 18.7. The summed E-state index contributed by atoms with van der Waals surface area (Å²) in [6.07, 6.45) is 1.85. The molecule has 1 aromatic rings. The van der Waals surface area contributed by atoms with Gasteiger partial charge in [0.05, 0.1) is 0 Å². The first-order valence-corrected chi connectivity index (χ1v) is 8.31. The Balaban J connectivity index is 1.90. The number of carbonyl (C=O) groups excluding carboxylic acids is 1. The van der Waals surface area contributed by atoms with E-state index in [2.05, 4.69) is 10.2 Å². The Hall–Kier alpha value is -1.56. The largest absolute Gasteiger partial charge is 0.444 e. The van der Waals surface area contributed by atoms with Crippen LogP contribution in [0.2, 0.25) is 5.15 Å². The molecule has 128 valence electrons. The van der Waals surface area contributed by atoms with Crippen LogP contribution in [0.25, 0.3) is 0 Å². The molecule has 1 aliphatic rings. The van der Waals surface area contributed by atoms with Gasteiger partial charge in [0, 0.05) is 26.7 Å². The highest BCUT2D eigenvalue weighted by atomic mass is 35.5. The number of hydrogen-bond acceptors (Lipinski definition) is 5. The molecule has 0 radical (unpaired) electrons. The van der Waals surface area contributed by atoms with Crippen molar-refractivity contribution in [1.29, 1.82) is 0 Å². The van der Waals surface area contributed by atoms with Crippen LogP contribution < -0.4 is 4.90 Å². The SMILES string of the molecule is CN(C[C@H]1CCCN(C(=O)OC(C)(C)C)C1)c1ccc(Cl)nn1. The van der Waals surface area contributed by atoms with E-state index in [1.807, 2.05) is 38.8 Å². The predicted octanol–water partition coefficient (Wildman–Crippen LogP) is 3.21. The molecule has 0 unspecified atom stereocenters. The molecule has 1 aromatic heterocycles. The van der Waals surface area contributed by atoms with Gasteiger partial charge in [0.1, 0.15) is 5.60 Å². The monoisotopic (exact) mass is 340 g/mol. The second-order valence-corrected chi connectivity index (χ2v) is 7.42. The Labute approximate surface area is 142 Å². The molecule has 1 saturated heterocycles. The van der Waals surface area contributed by atoms with Gasteiger partial charge in [-0.3, -0.25) is 0 Å². The fraction of sp³-hybridized carbons (Fsp3) is 0.688. The number of ether oxygens (including phenoxy) is 1. The summed E-state index contributed by atoms with van der Waals surface area (Å²) in [7, 11) is 1.98. The molecule has 0 spiro atoms. The molecule has 1 atom stereocenters. The maximum Gasteiger partial charge on any atom is 0.410 e.